The number of carbonyl (C=O) groups is 3. The Hall–Kier alpha value is -13.8. The zero-order chi connectivity index (χ0) is 96.7. The van der Waals surface area contributed by atoms with E-state index in [9.17, 15) is 129 Å². The van der Waals surface area contributed by atoms with E-state index in [0.29, 0.717) is 29.7 Å². The van der Waals surface area contributed by atoms with Gasteiger partial charge in [0.05, 0.1) is 17.7 Å². The fourth-order valence-corrected chi connectivity index (χ4v) is 14.4. The van der Waals surface area contributed by atoms with Crippen molar-refractivity contribution in [3.8, 4) is 40.2 Å². The summed E-state index contributed by atoms with van der Waals surface area (Å²) in [6.45, 7) is 0.456. The summed E-state index contributed by atoms with van der Waals surface area (Å²) in [7, 11) is 0. The molecule has 702 valence electrons. The first-order chi connectivity index (χ1) is 61.5. The Morgan fingerprint density at radius 1 is 0.326 bits per heavy atom. The standard InChI is InChI=1S/C32H24F11NO2.C32H25F9N2O4.C27H22F6N2O4/c1-28(33,34)23-13-24(30(35,36)37)15-25(14-23)44-19-29(18-20-7-3-2-4-8-20,21-9-5-11-26(16-21)45-31(38,39)40)22-10-6-12-27(17-22)46-32(41,42)43;1-20(44)43-27-14-13-24(17-28(27)47-32(39,40)41)42-19-29(18-21-7-3-2-4-8-21,22-9-5-11-25(15-22)45-30(33,34)35)23-10-6-12-26(16-23)46-31(36,37)38;28-26(29,30)38-20-10-4-8-18(12-20)25(15-17-6-2-1-3-7-17,16-34-24(37)22-14-23(36)35-22)19-9-5-11-21(13-19)39-27(31,32)33/h2-17,44H,18-19H2,1H3;2-17,42H,18-19H2,1H3,(H,43,44);1-13,22H,14-16H2,(H,34,37)(H,35,36)/t;;22-/m..1/s1. The number of β-lactam (4-membered cyclic amide) rings is 1. The number of anilines is 3. The van der Waals surface area contributed by atoms with Crippen LogP contribution in [0.3, 0.4) is 0 Å². The number of nitrogens with one attached hydrogen (secondary N) is 5. The predicted molar refractivity (Wildman–Crippen MR) is 427 cm³/mol. The van der Waals surface area contributed by atoms with Crippen LogP contribution in [-0.4, -0.2) is 87.9 Å². The van der Waals surface area contributed by atoms with Gasteiger partial charge in [-0.3, -0.25) is 14.4 Å². The van der Waals surface area contributed by atoms with Crippen molar-refractivity contribution in [2.24, 2.45) is 0 Å². The largest absolute Gasteiger partial charge is 0.573 e. The monoisotopic (exact) mass is 1890 g/mol. The van der Waals surface area contributed by atoms with Crippen LogP contribution in [0.4, 0.5) is 131 Å². The molecule has 1 aliphatic heterocycles. The third-order valence-corrected chi connectivity index (χ3v) is 19.8. The van der Waals surface area contributed by atoms with Gasteiger partial charge in [-0.05, 0) is 172 Å². The van der Waals surface area contributed by atoms with Gasteiger partial charge in [-0.15, -0.1) is 92.2 Å². The number of rotatable bonds is 30. The molecule has 15 nitrogen and oxygen atoms in total. The molecule has 0 saturated carbocycles. The van der Waals surface area contributed by atoms with Gasteiger partial charge >= 0.3 is 50.7 Å². The molecular weight excluding hydrogens is 1820 g/mol. The summed E-state index contributed by atoms with van der Waals surface area (Å²) < 4.78 is 375. The van der Waals surface area contributed by atoms with Gasteiger partial charge in [-0.2, -0.15) is 13.2 Å². The molecule has 1 saturated heterocycles. The Morgan fingerprint density at radius 3 is 0.886 bits per heavy atom. The lowest BCUT2D eigenvalue weighted by Crippen LogP contribution is -2.58. The number of alkyl halides is 26. The van der Waals surface area contributed by atoms with Crippen LogP contribution >= 0.6 is 0 Å². The second kappa shape index (κ2) is 40.7. The highest BCUT2D eigenvalue weighted by Gasteiger charge is 2.46. The van der Waals surface area contributed by atoms with Crippen molar-refractivity contribution in [1.82, 2.24) is 10.6 Å². The summed E-state index contributed by atoms with van der Waals surface area (Å²) in [5, 5.41) is 13.0. The van der Waals surface area contributed by atoms with Crippen LogP contribution in [0, 0.1) is 0 Å². The van der Waals surface area contributed by atoms with E-state index in [2.05, 4.69) is 59.7 Å². The zero-order valence-electron chi connectivity index (χ0n) is 67.9. The molecular formula is C91H71F26N5O10. The second-order valence-electron chi connectivity index (χ2n) is 29.6. The maximum Gasteiger partial charge on any atom is 0.573 e. The second-order valence-corrected chi connectivity index (χ2v) is 29.6. The molecule has 1 atom stereocenters. The van der Waals surface area contributed by atoms with Gasteiger partial charge < -0.3 is 59.7 Å². The number of amides is 3. The molecule has 1 aliphatic rings. The predicted octanol–water partition coefficient (Wildman–Crippen LogP) is 24.3. The van der Waals surface area contributed by atoms with Crippen molar-refractivity contribution >= 4 is 34.8 Å². The lowest BCUT2D eigenvalue weighted by molar-refractivity contribution is -0.275. The van der Waals surface area contributed by atoms with Crippen LogP contribution in [-0.2, 0) is 62.0 Å². The fourth-order valence-electron chi connectivity index (χ4n) is 14.4. The Labute approximate surface area is 732 Å². The Bertz CT molecular complexity index is 5510. The van der Waals surface area contributed by atoms with Gasteiger partial charge in [0.25, 0.3) is 5.92 Å². The SMILES string of the molecule is CC(=O)Nc1ccc(NCC(Cc2ccccc2)(c2cccc(OC(F)(F)F)c2)c2cccc(OC(F)(F)F)c2)cc1OC(F)(F)F.CC(F)(F)c1cc(NCC(Cc2ccccc2)(c2cccc(OC(F)(F)F)c2)c2cccc(OC(F)(F)F)c2)cc(C(F)(F)F)c1.O=C1C[C@H](C(=O)NCC(Cc2ccccc2)(c2cccc(OC(F)(F)F)c2)c2cccc(OC(F)(F)F)c2)N1. The molecule has 5 N–H and O–H groups in total. The van der Waals surface area contributed by atoms with E-state index < -0.39 is 154 Å². The first-order valence-corrected chi connectivity index (χ1v) is 38.6. The number of hydrogen-bond acceptors (Lipinski definition) is 12. The van der Waals surface area contributed by atoms with Crippen LogP contribution in [0.2, 0.25) is 0 Å². The van der Waals surface area contributed by atoms with Crippen molar-refractivity contribution < 1.29 is 162 Å². The highest BCUT2D eigenvalue weighted by molar-refractivity contribution is 5.97. The minimum absolute atomic E-state index is 0.0150. The molecule has 0 aromatic heterocycles. The summed E-state index contributed by atoms with van der Waals surface area (Å²) in [5.41, 5.74) is -4.94. The molecule has 0 unspecified atom stereocenters. The lowest BCUT2D eigenvalue weighted by atomic mass is 9.70. The summed E-state index contributed by atoms with van der Waals surface area (Å²) in [6.07, 6.45) is -40.6. The number of halogens is 26. The summed E-state index contributed by atoms with van der Waals surface area (Å²) in [6, 6.07) is 58.4. The zero-order valence-corrected chi connectivity index (χ0v) is 67.9. The topological polar surface area (TPSA) is 176 Å². The Balaban J connectivity index is 0.000000206. The third-order valence-electron chi connectivity index (χ3n) is 19.8. The number of hydrogen-bond donors (Lipinski definition) is 5. The summed E-state index contributed by atoms with van der Waals surface area (Å²) >= 11 is 0. The van der Waals surface area contributed by atoms with Gasteiger partial charge in [0.1, 0.15) is 40.5 Å². The van der Waals surface area contributed by atoms with E-state index in [1.54, 1.807) is 91.0 Å². The Morgan fingerprint density at radius 2 is 0.614 bits per heavy atom. The van der Waals surface area contributed by atoms with Crippen LogP contribution < -0.4 is 59.7 Å². The smallest absolute Gasteiger partial charge is 0.406 e. The molecule has 0 spiro atoms. The lowest BCUT2D eigenvalue weighted by Gasteiger charge is -2.37. The molecule has 3 amide bonds. The van der Waals surface area contributed by atoms with Crippen molar-refractivity contribution in [2.75, 3.05) is 35.6 Å². The molecule has 0 radical (unpaired) electrons. The number of ether oxygens (including phenoxy) is 7. The van der Waals surface area contributed by atoms with Gasteiger partial charge in [0.15, 0.2) is 5.75 Å². The van der Waals surface area contributed by atoms with Gasteiger partial charge in [-0.1, -0.05) is 164 Å². The third kappa shape index (κ3) is 29.9. The van der Waals surface area contributed by atoms with Crippen molar-refractivity contribution in [3.63, 3.8) is 0 Å². The van der Waals surface area contributed by atoms with Crippen molar-refractivity contribution in [3.05, 3.63) is 334 Å². The summed E-state index contributed by atoms with van der Waals surface area (Å²) in [4.78, 5) is 35.6. The molecule has 11 aromatic rings. The van der Waals surface area contributed by atoms with Gasteiger partial charge in [0.2, 0.25) is 17.7 Å². The van der Waals surface area contributed by atoms with Crippen LogP contribution in [0.25, 0.3) is 0 Å². The number of benzene rings is 11. The molecule has 0 aliphatic carbocycles. The fraction of sp³-hybridized carbons (Fsp3) is 0.242. The van der Waals surface area contributed by atoms with E-state index >= 15 is 0 Å². The maximum absolute atomic E-state index is 14.2. The van der Waals surface area contributed by atoms with Gasteiger partial charge in [-0.25, -0.2) is 8.78 Å². The normalized spacial score (nSPS) is 13.5. The average molecular weight is 1890 g/mol. The molecule has 1 heterocycles. The van der Waals surface area contributed by atoms with Crippen molar-refractivity contribution in [1.29, 1.82) is 0 Å². The van der Waals surface area contributed by atoms with E-state index in [4.69, 9.17) is 0 Å². The average Bonchev–Trinajstić information content (AvgIpc) is 0.763. The van der Waals surface area contributed by atoms with Crippen LogP contribution in [0.15, 0.2) is 273 Å². The highest BCUT2D eigenvalue weighted by atomic mass is 19.5. The quantitative estimate of drug-likeness (QED) is 0.0213. The van der Waals surface area contributed by atoms with E-state index in [-0.39, 0.29) is 95.5 Å². The maximum atomic E-state index is 14.2. The molecule has 1 fully saturated rings. The number of carbonyl (C=O) groups excluding carboxylic acids is 3. The minimum Gasteiger partial charge on any atom is -0.406 e. The van der Waals surface area contributed by atoms with E-state index in [0.717, 1.165) is 97.9 Å². The molecule has 11 aromatic carbocycles. The van der Waals surface area contributed by atoms with Crippen LogP contribution in [0.1, 0.15) is 81.5 Å². The molecule has 12 rings (SSSR count). The first-order valence-electron chi connectivity index (χ1n) is 38.6. The summed E-state index contributed by atoms with van der Waals surface area (Å²) in [5.74, 6) is -9.69. The van der Waals surface area contributed by atoms with Crippen molar-refractivity contribution in [2.45, 2.75) is 118 Å². The van der Waals surface area contributed by atoms with Gasteiger partial charge in [0, 0.05) is 72.7 Å². The van der Waals surface area contributed by atoms with Crippen LogP contribution in [0.5, 0.6) is 40.2 Å². The van der Waals surface area contributed by atoms with E-state index in [1.165, 1.54) is 78.9 Å². The molecule has 132 heavy (non-hydrogen) atoms. The highest BCUT2D eigenvalue weighted by Crippen LogP contribution is 2.47. The minimum atomic E-state index is -5.14. The first kappa shape index (κ1) is 100. The molecule has 41 heteroatoms. The Kier molecular flexibility index (Phi) is 30.9. The molecule has 0 bridgehead atoms. The van der Waals surface area contributed by atoms with E-state index in [1.807, 2.05) is 0 Å².